The highest BCUT2D eigenvalue weighted by Gasteiger charge is 2.30. The smallest absolute Gasteiger partial charge is 0.225 e. The average molecular weight is 508 g/mol. The number of nitrogens with zero attached hydrogens (tertiary/aromatic N) is 6. The summed E-state index contributed by atoms with van der Waals surface area (Å²) in [4.78, 5) is 17.8. The number of pyridine rings is 1. The van der Waals surface area contributed by atoms with Gasteiger partial charge in [-0.05, 0) is 38.1 Å². The Labute approximate surface area is 209 Å². The average Bonchev–Trinajstić information content (AvgIpc) is 3.50. The second-order valence-corrected chi connectivity index (χ2v) is 10.4. The monoisotopic (exact) mass is 507 g/mol. The van der Waals surface area contributed by atoms with E-state index in [1.807, 2.05) is 6.07 Å². The van der Waals surface area contributed by atoms with Crippen molar-refractivity contribution in [2.24, 2.45) is 0 Å². The summed E-state index contributed by atoms with van der Waals surface area (Å²) < 4.78 is 36.9. The molecule has 8 nitrogen and oxygen atoms in total. The number of aromatic nitrogens is 3. The molecule has 0 aliphatic carbocycles. The third kappa shape index (κ3) is 3.40. The predicted octanol–water partition coefficient (Wildman–Crippen LogP) is 4.20. The zero-order valence-electron chi connectivity index (χ0n) is 19.8. The topological polar surface area (TPSA) is 104 Å². The molecule has 1 aromatic carbocycles. The zero-order valence-corrected chi connectivity index (χ0v) is 20.6. The molecule has 0 unspecified atom stereocenters. The maximum atomic E-state index is 16.4. The van der Waals surface area contributed by atoms with Crippen LogP contribution in [0.3, 0.4) is 0 Å². The van der Waals surface area contributed by atoms with E-state index in [0.717, 1.165) is 49.0 Å². The van der Waals surface area contributed by atoms with Gasteiger partial charge in [0.05, 0.1) is 35.4 Å². The first-order valence-electron chi connectivity index (χ1n) is 11.6. The Balaban J connectivity index is 1.55. The molecule has 0 spiro atoms. The molecule has 0 saturated carbocycles. The van der Waals surface area contributed by atoms with Crippen LogP contribution >= 0.6 is 11.3 Å². The van der Waals surface area contributed by atoms with Gasteiger partial charge >= 0.3 is 0 Å². The normalized spacial score (nSPS) is 16.3. The van der Waals surface area contributed by atoms with Crippen LogP contribution in [0.1, 0.15) is 29.5 Å². The van der Waals surface area contributed by atoms with Gasteiger partial charge in [0.1, 0.15) is 16.6 Å². The number of piperidine rings is 1. The van der Waals surface area contributed by atoms with E-state index in [1.54, 1.807) is 6.20 Å². The SMILES string of the molecule is CN(C)C1CCN(c2ncc3c4c(c(-c5ncc(F)c6sc(N)c(C#N)c56)c(F)c3n2)COC4)CC1. The van der Waals surface area contributed by atoms with Crippen molar-refractivity contribution >= 4 is 43.3 Å². The van der Waals surface area contributed by atoms with Gasteiger partial charge in [0.25, 0.3) is 0 Å². The lowest BCUT2D eigenvalue weighted by Gasteiger charge is -2.35. The number of hydrogen-bond acceptors (Lipinski definition) is 9. The lowest BCUT2D eigenvalue weighted by Crippen LogP contribution is -2.42. The van der Waals surface area contributed by atoms with Gasteiger partial charge in [-0.3, -0.25) is 4.98 Å². The fourth-order valence-electron chi connectivity index (χ4n) is 5.27. The predicted molar refractivity (Wildman–Crippen MR) is 135 cm³/mol. The van der Waals surface area contributed by atoms with Crippen LogP contribution in [0.2, 0.25) is 0 Å². The molecule has 2 aliphatic rings. The number of fused-ring (bicyclic) bond motifs is 4. The fourth-order valence-corrected chi connectivity index (χ4v) is 6.19. The first-order valence-corrected chi connectivity index (χ1v) is 12.5. The molecule has 184 valence electrons. The molecular weight excluding hydrogens is 484 g/mol. The van der Waals surface area contributed by atoms with Crippen LogP contribution in [0.5, 0.6) is 0 Å². The number of hydrogen-bond donors (Lipinski definition) is 1. The number of rotatable bonds is 3. The molecule has 0 radical (unpaired) electrons. The van der Waals surface area contributed by atoms with Crippen molar-refractivity contribution in [1.29, 1.82) is 5.26 Å². The maximum absolute atomic E-state index is 16.4. The number of benzene rings is 1. The van der Waals surface area contributed by atoms with Crippen molar-refractivity contribution < 1.29 is 13.5 Å². The van der Waals surface area contributed by atoms with E-state index >= 15 is 4.39 Å². The Kier molecular flexibility index (Phi) is 5.48. The molecule has 3 aromatic heterocycles. The fraction of sp³-hybridized carbons (Fsp3) is 0.360. The van der Waals surface area contributed by atoms with Gasteiger partial charge in [0.2, 0.25) is 5.95 Å². The van der Waals surface area contributed by atoms with Crippen molar-refractivity contribution in [2.45, 2.75) is 32.1 Å². The minimum Gasteiger partial charge on any atom is -0.389 e. The summed E-state index contributed by atoms with van der Waals surface area (Å²) in [6.07, 6.45) is 4.64. The van der Waals surface area contributed by atoms with Crippen molar-refractivity contribution in [3.63, 3.8) is 0 Å². The molecule has 2 aliphatic heterocycles. The Morgan fingerprint density at radius 2 is 1.92 bits per heavy atom. The van der Waals surface area contributed by atoms with Crippen LogP contribution < -0.4 is 10.6 Å². The highest BCUT2D eigenvalue weighted by molar-refractivity contribution is 7.23. The second-order valence-electron chi connectivity index (χ2n) is 9.36. The summed E-state index contributed by atoms with van der Waals surface area (Å²) in [5.74, 6) is -0.722. The Morgan fingerprint density at radius 3 is 2.64 bits per heavy atom. The number of thiophene rings is 1. The van der Waals surface area contributed by atoms with Crippen LogP contribution in [0, 0.1) is 23.0 Å². The van der Waals surface area contributed by atoms with Gasteiger partial charge in [0, 0.05) is 41.7 Å². The second kappa shape index (κ2) is 8.58. The molecule has 0 bridgehead atoms. The van der Waals surface area contributed by atoms with E-state index < -0.39 is 11.6 Å². The van der Waals surface area contributed by atoms with Crippen LogP contribution in [-0.4, -0.2) is 53.1 Å². The number of nitrogens with two attached hydrogens (primary N) is 1. The molecule has 5 heterocycles. The van der Waals surface area contributed by atoms with Gasteiger partial charge in [0.15, 0.2) is 11.6 Å². The van der Waals surface area contributed by atoms with Crippen molar-refractivity contribution in [3.05, 3.63) is 40.7 Å². The number of ether oxygens (including phenoxy) is 1. The van der Waals surface area contributed by atoms with E-state index in [-0.39, 0.29) is 50.6 Å². The van der Waals surface area contributed by atoms with Gasteiger partial charge in [-0.1, -0.05) is 0 Å². The van der Waals surface area contributed by atoms with Crippen LogP contribution in [0.25, 0.3) is 32.2 Å². The van der Waals surface area contributed by atoms with Crippen LogP contribution in [-0.2, 0) is 18.0 Å². The van der Waals surface area contributed by atoms with Crippen LogP contribution in [0.4, 0.5) is 19.7 Å². The maximum Gasteiger partial charge on any atom is 0.225 e. The van der Waals surface area contributed by atoms with Crippen molar-refractivity contribution in [3.8, 4) is 17.3 Å². The van der Waals surface area contributed by atoms with Crippen molar-refractivity contribution in [1.82, 2.24) is 19.9 Å². The summed E-state index contributed by atoms with van der Waals surface area (Å²) in [6.45, 7) is 1.99. The molecule has 0 atom stereocenters. The molecule has 36 heavy (non-hydrogen) atoms. The summed E-state index contributed by atoms with van der Waals surface area (Å²) in [5.41, 5.74) is 7.99. The van der Waals surface area contributed by atoms with E-state index in [1.165, 1.54) is 0 Å². The third-order valence-electron chi connectivity index (χ3n) is 7.21. The summed E-state index contributed by atoms with van der Waals surface area (Å²) in [6, 6.07) is 2.52. The third-order valence-corrected chi connectivity index (χ3v) is 8.24. The number of nitriles is 1. The number of nitrogen functional groups attached to an aromatic ring is 1. The van der Waals surface area contributed by atoms with E-state index in [0.29, 0.717) is 22.9 Å². The lowest BCUT2D eigenvalue weighted by molar-refractivity contribution is 0.135. The van der Waals surface area contributed by atoms with E-state index in [4.69, 9.17) is 10.5 Å². The lowest BCUT2D eigenvalue weighted by atomic mass is 9.94. The van der Waals surface area contributed by atoms with Crippen molar-refractivity contribution in [2.75, 3.05) is 37.8 Å². The Morgan fingerprint density at radius 1 is 1.17 bits per heavy atom. The molecule has 0 amide bonds. The minimum atomic E-state index is -0.605. The summed E-state index contributed by atoms with van der Waals surface area (Å²) in [7, 11) is 4.15. The Hall–Kier alpha value is -3.46. The quantitative estimate of drug-likeness (QED) is 0.440. The molecular formula is C25H23F2N7OS. The molecule has 1 saturated heterocycles. The first kappa shape index (κ1) is 23.0. The summed E-state index contributed by atoms with van der Waals surface area (Å²) >= 11 is 0.956. The van der Waals surface area contributed by atoms with Crippen LogP contribution in [0.15, 0.2) is 12.4 Å². The highest BCUT2D eigenvalue weighted by Crippen LogP contribution is 2.45. The molecule has 4 aromatic rings. The number of halogens is 2. The molecule has 11 heteroatoms. The largest absolute Gasteiger partial charge is 0.389 e. The first-order chi connectivity index (χ1) is 17.4. The molecule has 6 rings (SSSR count). The van der Waals surface area contributed by atoms with Gasteiger partial charge in [-0.15, -0.1) is 11.3 Å². The standard InChI is InChI=1S/C25H23F2N7OS/c1-33(2)12-3-5-34(6-4-12)25-31-8-14-15-10-35-11-16(15)18(20(27)21(14)32-25)22-19-13(7-28)24(29)36-23(19)17(26)9-30-22/h8-9,12H,3-6,10-11,29H2,1-2H3. The van der Waals surface area contributed by atoms with E-state index in [9.17, 15) is 9.65 Å². The Bertz CT molecular complexity index is 1570. The van der Waals surface area contributed by atoms with E-state index in [2.05, 4.69) is 38.8 Å². The van der Waals surface area contributed by atoms with Gasteiger partial charge in [-0.2, -0.15) is 5.26 Å². The minimum absolute atomic E-state index is 0.0938. The molecule has 1 fully saturated rings. The molecule has 2 N–H and O–H groups in total. The summed E-state index contributed by atoms with van der Waals surface area (Å²) in [5, 5.41) is 10.7. The highest BCUT2D eigenvalue weighted by atomic mass is 32.1. The number of anilines is 2. The zero-order chi connectivity index (χ0) is 25.1. The van der Waals surface area contributed by atoms with Gasteiger partial charge in [-0.25, -0.2) is 18.7 Å². The van der Waals surface area contributed by atoms with Gasteiger partial charge < -0.3 is 20.3 Å².